The second kappa shape index (κ2) is 11.5. The number of rotatable bonds is 3. The van der Waals surface area contributed by atoms with Gasteiger partial charge in [-0.2, -0.15) is 0 Å². The predicted octanol–water partition coefficient (Wildman–Crippen LogP) is 5.46. The number of amides is 2. The maximum Gasteiger partial charge on any atom is 0.410 e. The van der Waals surface area contributed by atoms with E-state index in [1.807, 2.05) is 93.9 Å². The summed E-state index contributed by atoms with van der Waals surface area (Å²) in [6.45, 7) is 8.90. The molecular formula is C31H40N4O5. The molecule has 9 nitrogen and oxygen atoms in total. The van der Waals surface area contributed by atoms with Crippen LogP contribution in [0.3, 0.4) is 0 Å². The van der Waals surface area contributed by atoms with Gasteiger partial charge in [0.25, 0.3) is 5.91 Å². The highest BCUT2D eigenvalue weighted by Crippen LogP contribution is 2.26. The van der Waals surface area contributed by atoms with E-state index in [1.54, 1.807) is 19.1 Å². The van der Waals surface area contributed by atoms with Crippen LogP contribution in [-0.4, -0.2) is 76.4 Å². The first-order chi connectivity index (χ1) is 18.9. The first kappa shape index (κ1) is 28.9. The van der Waals surface area contributed by atoms with Crippen molar-refractivity contribution in [3.63, 3.8) is 0 Å². The summed E-state index contributed by atoms with van der Waals surface area (Å²) in [5.41, 5.74) is 2.25. The fraction of sp³-hybridized carbons (Fsp3) is 0.419. The van der Waals surface area contributed by atoms with Gasteiger partial charge in [-0.25, -0.2) is 4.79 Å². The summed E-state index contributed by atoms with van der Waals surface area (Å²) in [5, 5.41) is 2.24. The summed E-state index contributed by atoms with van der Waals surface area (Å²) in [4.78, 5) is 29.0. The largest absolute Gasteiger partial charge is 0.497 e. The van der Waals surface area contributed by atoms with Gasteiger partial charge in [0.2, 0.25) is 0 Å². The molecule has 9 heteroatoms. The Bertz CT molecular complexity index is 1510. The van der Waals surface area contributed by atoms with Crippen LogP contribution in [0.15, 0.2) is 54.7 Å². The molecule has 1 atom stereocenters. The molecule has 0 spiro atoms. The van der Waals surface area contributed by atoms with Crippen LogP contribution in [0.1, 0.15) is 38.2 Å². The Kier molecular flexibility index (Phi) is 8.32. The number of hydrogen-bond acceptors (Lipinski definition) is 5. The van der Waals surface area contributed by atoms with Gasteiger partial charge in [0, 0.05) is 63.5 Å². The van der Waals surface area contributed by atoms with Gasteiger partial charge in [-0.05, 0) is 69.5 Å². The molecular weight excluding hydrogens is 508 g/mol. The summed E-state index contributed by atoms with van der Waals surface area (Å²) in [6.07, 6.45) is 1.72. The average molecular weight is 549 g/mol. The van der Waals surface area contributed by atoms with Gasteiger partial charge in [0.15, 0.2) is 0 Å². The van der Waals surface area contributed by atoms with Gasteiger partial charge in [-0.15, -0.1) is 0 Å². The second-order valence-electron chi connectivity index (χ2n) is 11.1. The average Bonchev–Trinajstić information content (AvgIpc) is 3.46. The van der Waals surface area contributed by atoms with E-state index in [1.165, 1.54) is 10.9 Å². The zero-order valence-electron chi connectivity index (χ0n) is 24.7. The minimum Gasteiger partial charge on any atom is -0.497 e. The van der Waals surface area contributed by atoms with Gasteiger partial charge in [0.05, 0.1) is 25.3 Å². The summed E-state index contributed by atoms with van der Waals surface area (Å²) < 4.78 is 19.9. The van der Waals surface area contributed by atoms with Crippen molar-refractivity contribution >= 4 is 33.8 Å². The lowest BCUT2D eigenvalue weighted by molar-refractivity contribution is 0.00599. The highest BCUT2D eigenvalue weighted by molar-refractivity contribution is 5.99. The van der Waals surface area contributed by atoms with Crippen LogP contribution >= 0.6 is 0 Å². The molecule has 1 aliphatic heterocycles. The fourth-order valence-electron chi connectivity index (χ4n) is 4.91. The number of nitrogens with zero attached hydrogens (tertiary/aromatic N) is 4. The molecule has 1 saturated heterocycles. The van der Waals surface area contributed by atoms with Crippen molar-refractivity contribution in [2.45, 2.75) is 39.3 Å². The number of benzene rings is 2. The van der Waals surface area contributed by atoms with Gasteiger partial charge >= 0.3 is 6.09 Å². The van der Waals surface area contributed by atoms with Crippen LogP contribution in [-0.2, 0) is 18.8 Å². The van der Waals surface area contributed by atoms with Crippen LogP contribution in [0.4, 0.5) is 4.79 Å². The van der Waals surface area contributed by atoms with Crippen LogP contribution < -0.4 is 9.47 Å². The fourth-order valence-corrected chi connectivity index (χ4v) is 4.91. The van der Waals surface area contributed by atoms with Crippen LogP contribution in [0.5, 0.6) is 11.5 Å². The molecule has 0 N–H and O–H groups in total. The van der Waals surface area contributed by atoms with Gasteiger partial charge in [-0.1, -0.05) is 0 Å². The van der Waals surface area contributed by atoms with Crippen molar-refractivity contribution in [1.29, 1.82) is 0 Å². The van der Waals surface area contributed by atoms with Gasteiger partial charge < -0.3 is 33.1 Å². The van der Waals surface area contributed by atoms with Crippen LogP contribution in [0, 0.1) is 0 Å². The number of fused-ring (bicyclic) bond motifs is 2. The molecule has 0 unspecified atom stereocenters. The van der Waals surface area contributed by atoms with E-state index in [9.17, 15) is 9.59 Å². The Morgan fingerprint density at radius 1 is 0.850 bits per heavy atom. The Balaban J connectivity index is 0.000000255. The van der Waals surface area contributed by atoms with Crippen molar-refractivity contribution in [3.05, 3.63) is 60.4 Å². The Hall–Kier alpha value is -4.14. The monoisotopic (exact) mass is 548 g/mol. The highest BCUT2D eigenvalue weighted by Gasteiger charge is 2.33. The molecule has 0 radical (unpaired) electrons. The summed E-state index contributed by atoms with van der Waals surface area (Å²) in [5.74, 6) is 1.63. The Morgan fingerprint density at radius 3 is 2.08 bits per heavy atom. The number of carbonyl (C=O) groups is 2. The van der Waals surface area contributed by atoms with Gasteiger partial charge in [0.1, 0.15) is 22.8 Å². The summed E-state index contributed by atoms with van der Waals surface area (Å²) in [7, 11) is 7.23. The third-order valence-electron chi connectivity index (χ3n) is 7.11. The van der Waals surface area contributed by atoms with Crippen LogP contribution in [0.2, 0.25) is 0 Å². The second-order valence-corrected chi connectivity index (χ2v) is 11.1. The Morgan fingerprint density at radius 2 is 1.48 bits per heavy atom. The number of ether oxygens (including phenoxy) is 3. The van der Waals surface area contributed by atoms with E-state index in [2.05, 4.69) is 16.7 Å². The predicted molar refractivity (Wildman–Crippen MR) is 157 cm³/mol. The molecule has 214 valence electrons. The van der Waals surface area contributed by atoms with Crippen molar-refractivity contribution in [2.24, 2.45) is 14.1 Å². The number of methoxy groups -OCH3 is 2. The zero-order chi connectivity index (χ0) is 29.2. The maximum atomic E-state index is 13.2. The maximum absolute atomic E-state index is 13.2. The minimum absolute atomic E-state index is 0.0333. The normalized spacial score (nSPS) is 15.6. The standard InChI is InChI=1S/C21H29N3O4.C10H11NO/c1-14-13-23(20(26)28-21(2,3)4)9-10-24(14)19(25)18-11-15-7-8-16(27-6)12-17(15)22(18)5;1-11-6-5-8-3-4-9(12-2)7-10(8)11/h7-8,11-12,14H,9-10,13H2,1-6H3;3-7H,1-2H3/t14-;/m0./s1. The topological polar surface area (TPSA) is 78.2 Å². The number of carbonyl (C=O) groups excluding carboxylic acids is 2. The lowest BCUT2D eigenvalue weighted by atomic mass is 10.1. The van der Waals surface area contributed by atoms with E-state index in [0.29, 0.717) is 25.3 Å². The molecule has 1 fully saturated rings. The molecule has 4 aromatic rings. The van der Waals surface area contributed by atoms with E-state index in [-0.39, 0.29) is 18.0 Å². The first-order valence-electron chi connectivity index (χ1n) is 13.4. The first-order valence-corrected chi connectivity index (χ1v) is 13.4. The molecule has 5 rings (SSSR count). The molecule has 1 aliphatic rings. The summed E-state index contributed by atoms with van der Waals surface area (Å²) in [6, 6.07) is 15.7. The lowest BCUT2D eigenvalue weighted by Gasteiger charge is -2.40. The zero-order valence-corrected chi connectivity index (χ0v) is 24.7. The Labute approximate surface area is 235 Å². The van der Waals surface area contributed by atoms with Crippen molar-refractivity contribution in [1.82, 2.24) is 18.9 Å². The van der Waals surface area contributed by atoms with E-state index in [0.717, 1.165) is 22.4 Å². The minimum atomic E-state index is -0.530. The van der Waals surface area contributed by atoms with E-state index < -0.39 is 5.60 Å². The number of aryl methyl sites for hydroxylation is 2. The molecule has 40 heavy (non-hydrogen) atoms. The lowest BCUT2D eigenvalue weighted by Crippen LogP contribution is -2.56. The third-order valence-corrected chi connectivity index (χ3v) is 7.11. The van der Waals surface area contributed by atoms with Crippen molar-refractivity contribution in [3.8, 4) is 11.5 Å². The molecule has 0 bridgehead atoms. The van der Waals surface area contributed by atoms with E-state index in [4.69, 9.17) is 14.2 Å². The van der Waals surface area contributed by atoms with E-state index >= 15 is 0 Å². The number of hydrogen-bond donors (Lipinski definition) is 0. The molecule has 3 heterocycles. The summed E-state index contributed by atoms with van der Waals surface area (Å²) >= 11 is 0. The molecule has 2 aromatic heterocycles. The molecule has 2 aromatic carbocycles. The SMILES string of the molecule is COc1ccc2cc(C(=O)N3CCN(C(=O)OC(C)(C)C)C[C@@H]3C)n(C)c2c1.COc1ccc2ccn(C)c2c1. The van der Waals surface area contributed by atoms with Crippen molar-refractivity contribution in [2.75, 3.05) is 33.9 Å². The quantitative estimate of drug-likeness (QED) is 0.340. The third kappa shape index (κ3) is 6.19. The van der Waals surface area contributed by atoms with Gasteiger partial charge in [-0.3, -0.25) is 4.79 Å². The molecule has 0 aliphatic carbocycles. The highest BCUT2D eigenvalue weighted by atomic mass is 16.6. The smallest absolute Gasteiger partial charge is 0.410 e. The number of aromatic nitrogens is 2. The van der Waals surface area contributed by atoms with Crippen molar-refractivity contribution < 1.29 is 23.8 Å². The molecule has 2 amide bonds. The van der Waals surface area contributed by atoms with Crippen LogP contribution in [0.25, 0.3) is 21.8 Å². The number of piperazine rings is 1. The molecule has 0 saturated carbocycles.